The van der Waals surface area contributed by atoms with Crippen molar-refractivity contribution >= 4 is 32.8 Å². The van der Waals surface area contributed by atoms with E-state index in [2.05, 4.69) is 20.5 Å². The van der Waals surface area contributed by atoms with Crippen LogP contribution in [0, 0.1) is 5.92 Å². The molecule has 1 aromatic carbocycles. The van der Waals surface area contributed by atoms with E-state index in [0.717, 1.165) is 48.0 Å². The van der Waals surface area contributed by atoms with Crippen molar-refractivity contribution in [1.82, 2.24) is 4.57 Å². The Balaban J connectivity index is 1.99. The summed E-state index contributed by atoms with van der Waals surface area (Å²) in [4.78, 5) is 12.0. The summed E-state index contributed by atoms with van der Waals surface area (Å²) in [7, 11) is 1.42. The molecule has 1 aromatic heterocycles. The van der Waals surface area contributed by atoms with Crippen LogP contribution >= 0.6 is 15.9 Å². The molecular formula is C16H18BrNO3. The minimum absolute atomic E-state index is 0.288. The Morgan fingerprint density at radius 1 is 1.43 bits per heavy atom. The minimum atomic E-state index is -0.288. The van der Waals surface area contributed by atoms with Crippen LogP contribution in [0.2, 0.25) is 0 Å². The van der Waals surface area contributed by atoms with Crippen LogP contribution in [-0.2, 0) is 16.0 Å². The summed E-state index contributed by atoms with van der Waals surface area (Å²) in [5.74, 6) is 0.312. The second kappa shape index (κ2) is 6.20. The summed E-state index contributed by atoms with van der Waals surface area (Å²) in [6.45, 7) is 2.58. The molecule has 21 heavy (non-hydrogen) atoms. The fourth-order valence-electron chi connectivity index (χ4n) is 2.90. The van der Waals surface area contributed by atoms with E-state index in [1.165, 1.54) is 7.11 Å². The number of fused-ring (bicyclic) bond motifs is 1. The van der Waals surface area contributed by atoms with E-state index >= 15 is 0 Å². The van der Waals surface area contributed by atoms with Gasteiger partial charge in [-0.3, -0.25) is 0 Å². The number of carbonyl (C=O) groups is 1. The van der Waals surface area contributed by atoms with E-state index in [9.17, 15) is 4.79 Å². The molecule has 1 fully saturated rings. The monoisotopic (exact) mass is 351 g/mol. The number of rotatable bonds is 3. The van der Waals surface area contributed by atoms with Crippen LogP contribution in [-0.4, -0.2) is 30.9 Å². The van der Waals surface area contributed by atoms with Crippen molar-refractivity contribution in [3.05, 3.63) is 34.4 Å². The summed E-state index contributed by atoms with van der Waals surface area (Å²) in [5, 5.41) is 0.934. The lowest BCUT2D eigenvalue weighted by atomic mass is 10.0. The molecule has 112 valence electrons. The van der Waals surface area contributed by atoms with Crippen LogP contribution < -0.4 is 0 Å². The fraction of sp³-hybridized carbons (Fsp3) is 0.438. The Labute approximate surface area is 132 Å². The van der Waals surface area contributed by atoms with Crippen molar-refractivity contribution in [2.45, 2.75) is 19.4 Å². The van der Waals surface area contributed by atoms with Gasteiger partial charge < -0.3 is 14.0 Å². The quantitative estimate of drug-likeness (QED) is 0.793. The third-order valence-corrected chi connectivity index (χ3v) is 4.54. The number of methoxy groups -OCH3 is 1. The third-order valence-electron chi connectivity index (χ3n) is 4.04. The predicted octanol–water partition coefficient (Wildman–Crippen LogP) is 3.62. The van der Waals surface area contributed by atoms with Gasteiger partial charge in [0.2, 0.25) is 0 Å². The zero-order valence-corrected chi connectivity index (χ0v) is 13.6. The minimum Gasteiger partial charge on any atom is -0.465 e. The number of carbonyl (C=O) groups excluding carboxylic acids is 1. The summed E-state index contributed by atoms with van der Waals surface area (Å²) in [5.41, 5.74) is 1.70. The van der Waals surface area contributed by atoms with Crippen LogP contribution in [0.4, 0.5) is 0 Å². The molecule has 0 spiro atoms. The molecule has 2 heterocycles. The highest BCUT2D eigenvalue weighted by Crippen LogP contribution is 2.28. The van der Waals surface area contributed by atoms with Gasteiger partial charge in [0.1, 0.15) is 0 Å². The molecule has 0 N–H and O–H groups in total. The highest BCUT2D eigenvalue weighted by Gasteiger charge is 2.19. The van der Waals surface area contributed by atoms with Crippen molar-refractivity contribution in [1.29, 1.82) is 0 Å². The number of hydrogen-bond acceptors (Lipinski definition) is 3. The number of esters is 1. The van der Waals surface area contributed by atoms with Crippen molar-refractivity contribution < 1.29 is 14.3 Å². The Morgan fingerprint density at radius 3 is 2.90 bits per heavy atom. The molecule has 3 rings (SSSR count). The maximum atomic E-state index is 12.0. The maximum Gasteiger partial charge on any atom is 0.340 e. The predicted molar refractivity (Wildman–Crippen MR) is 84.5 cm³/mol. The van der Waals surface area contributed by atoms with E-state index in [-0.39, 0.29) is 5.97 Å². The van der Waals surface area contributed by atoms with Gasteiger partial charge in [0, 0.05) is 41.3 Å². The van der Waals surface area contributed by atoms with Gasteiger partial charge in [0.15, 0.2) is 0 Å². The van der Waals surface area contributed by atoms with Gasteiger partial charge in [-0.25, -0.2) is 4.79 Å². The molecule has 0 radical (unpaired) electrons. The number of aromatic nitrogens is 1. The largest absolute Gasteiger partial charge is 0.465 e. The van der Waals surface area contributed by atoms with Gasteiger partial charge in [-0.1, -0.05) is 15.9 Å². The Bertz CT molecular complexity index is 659. The summed E-state index contributed by atoms with van der Waals surface area (Å²) in [6.07, 6.45) is 4.06. The molecule has 0 aliphatic carbocycles. The zero-order valence-electron chi connectivity index (χ0n) is 12.0. The average Bonchev–Trinajstić information content (AvgIpc) is 2.85. The van der Waals surface area contributed by atoms with Gasteiger partial charge in [-0.05, 0) is 37.0 Å². The van der Waals surface area contributed by atoms with Crippen LogP contribution in [0.1, 0.15) is 23.2 Å². The first-order valence-corrected chi connectivity index (χ1v) is 7.93. The molecule has 1 aliphatic heterocycles. The smallest absolute Gasteiger partial charge is 0.340 e. The SMILES string of the molecule is COC(=O)c1cn(CC2CCOCC2)c2ccc(Br)cc12. The van der Waals surface area contributed by atoms with Crippen LogP contribution in [0.25, 0.3) is 10.9 Å². The van der Waals surface area contributed by atoms with E-state index in [4.69, 9.17) is 9.47 Å². The normalized spacial score (nSPS) is 16.3. The molecule has 1 aliphatic rings. The molecular weight excluding hydrogens is 334 g/mol. The van der Waals surface area contributed by atoms with E-state index < -0.39 is 0 Å². The Morgan fingerprint density at radius 2 is 2.19 bits per heavy atom. The van der Waals surface area contributed by atoms with Crippen molar-refractivity contribution in [3.8, 4) is 0 Å². The first-order chi connectivity index (χ1) is 10.2. The lowest BCUT2D eigenvalue weighted by molar-refractivity contribution is 0.0595. The number of nitrogens with zero attached hydrogens (tertiary/aromatic N) is 1. The zero-order chi connectivity index (χ0) is 14.8. The molecule has 0 bridgehead atoms. The molecule has 0 unspecified atom stereocenters. The Hall–Kier alpha value is -1.33. The number of benzene rings is 1. The summed E-state index contributed by atoms with van der Waals surface area (Å²) < 4.78 is 13.4. The van der Waals surface area contributed by atoms with Gasteiger partial charge in [-0.15, -0.1) is 0 Å². The molecule has 0 saturated carbocycles. The van der Waals surface area contributed by atoms with Crippen LogP contribution in [0.5, 0.6) is 0 Å². The van der Waals surface area contributed by atoms with Crippen LogP contribution in [0.3, 0.4) is 0 Å². The van der Waals surface area contributed by atoms with Crippen molar-refractivity contribution in [3.63, 3.8) is 0 Å². The van der Waals surface area contributed by atoms with E-state index in [1.807, 2.05) is 24.4 Å². The van der Waals surface area contributed by atoms with E-state index in [0.29, 0.717) is 11.5 Å². The fourth-order valence-corrected chi connectivity index (χ4v) is 3.26. The molecule has 5 heteroatoms. The number of halogens is 1. The van der Waals surface area contributed by atoms with Crippen molar-refractivity contribution in [2.75, 3.05) is 20.3 Å². The molecule has 2 aromatic rings. The highest BCUT2D eigenvalue weighted by atomic mass is 79.9. The second-order valence-electron chi connectivity index (χ2n) is 5.40. The molecule has 0 atom stereocenters. The topological polar surface area (TPSA) is 40.5 Å². The highest BCUT2D eigenvalue weighted by molar-refractivity contribution is 9.10. The van der Waals surface area contributed by atoms with Gasteiger partial charge in [0.25, 0.3) is 0 Å². The summed E-state index contributed by atoms with van der Waals surface area (Å²) >= 11 is 3.47. The standard InChI is InChI=1S/C16H18BrNO3/c1-20-16(19)14-10-18(9-11-4-6-21-7-5-11)15-3-2-12(17)8-13(14)15/h2-3,8,10-11H,4-7,9H2,1H3. The first kappa shape index (κ1) is 14.6. The lowest BCUT2D eigenvalue weighted by Crippen LogP contribution is -2.20. The number of hydrogen-bond donors (Lipinski definition) is 0. The Kier molecular flexibility index (Phi) is 4.31. The van der Waals surface area contributed by atoms with Crippen molar-refractivity contribution in [2.24, 2.45) is 5.92 Å². The van der Waals surface area contributed by atoms with E-state index in [1.54, 1.807) is 0 Å². The third kappa shape index (κ3) is 2.99. The summed E-state index contributed by atoms with van der Waals surface area (Å²) in [6, 6.07) is 6.02. The lowest BCUT2D eigenvalue weighted by Gasteiger charge is -2.22. The molecule has 1 saturated heterocycles. The van der Waals surface area contributed by atoms with Gasteiger partial charge >= 0.3 is 5.97 Å². The van der Waals surface area contributed by atoms with Gasteiger partial charge in [0.05, 0.1) is 12.7 Å². The molecule has 4 nitrogen and oxygen atoms in total. The molecule has 0 amide bonds. The first-order valence-electron chi connectivity index (χ1n) is 7.13. The second-order valence-corrected chi connectivity index (χ2v) is 6.32. The average molecular weight is 352 g/mol. The maximum absolute atomic E-state index is 12.0. The number of ether oxygens (including phenoxy) is 2. The van der Waals surface area contributed by atoms with Gasteiger partial charge in [-0.2, -0.15) is 0 Å². The van der Waals surface area contributed by atoms with Crippen LogP contribution in [0.15, 0.2) is 28.9 Å².